The molecular weight excluding hydrogens is 406 g/mol. The number of rotatable bonds is 7. The Kier molecular flexibility index (Phi) is 7.00. The molecule has 164 valence electrons. The van der Waals surface area contributed by atoms with Crippen LogP contribution in [0.2, 0.25) is 0 Å². The van der Waals surface area contributed by atoms with Gasteiger partial charge < -0.3 is 14.8 Å². The van der Waals surface area contributed by atoms with Crippen LogP contribution < -0.4 is 14.8 Å². The molecule has 4 rings (SSSR count). The number of nitrogens with zero attached hydrogens (tertiary/aromatic N) is 3. The highest BCUT2D eigenvalue weighted by Gasteiger charge is 2.14. The molecule has 0 spiro atoms. The number of amides is 1. The molecule has 1 aliphatic heterocycles. The van der Waals surface area contributed by atoms with Gasteiger partial charge in [0, 0.05) is 30.2 Å². The summed E-state index contributed by atoms with van der Waals surface area (Å²) in [6.07, 6.45) is 7.37. The standard InChI is InChI=1S/C24H25N5O3/c1-31-22-14-18(15-25-17-22)4-5-19-16-26-28-23(19)24(30)27-20-6-8-21(9-7-20)32-13-12-29-10-2-3-11-29/h6-9,14-17H,2-3,10-13H2,1H3,(H,26,28)(H,27,30). The molecule has 1 aromatic carbocycles. The summed E-state index contributed by atoms with van der Waals surface area (Å²) in [4.78, 5) is 19.2. The predicted octanol–water partition coefficient (Wildman–Crippen LogP) is 2.94. The summed E-state index contributed by atoms with van der Waals surface area (Å²) in [5.74, 6) is 6.98. The summed E-state index contributed by atoms with van der Waals surface area (Å²) < 4.78 is 11.0. The van der Waals surface area contributed by atoms with E-state index in [1.54, 1.807) is 31.8 Å². The van der Waals surface area contributed by atoms with Crippen molar-refractivity contribution in [3.05, 3.63) is 65.7 Å². The van der Waals surface area contributed by atoms with E-state index in [4.69, 9.17) is 9.47 Å². The van der Waals surface area contributed by atoms with Crippen LogP contribution in [0.1, 0.15) is 34.5 Å². The van der Waals surface area contributed by atoms with Crippen LogP contribution in [0.25, 0.3) is 0 Å². The largest absolute Gasteiger partial charge is 0.495 e. The second-order valence-electron chi connectivity index (χ2n) is 7.39. The fraction of sp³-hybridized carbons (Fsp3) is 0.292. The van der Waals surface area contributed by atoms with E-state index in [0.29, 0.717) is 29.2 Å². The summed E-state index contributed by atoms with van der Waals surface area (Å²) in [5, 5.41) is 9.59. The van der Waals surface area contributed by atoms with Gasteiger partial charge in [0.25, 0.3) is 5.91 Å². The fourth-order valence-electron chi connectivity index (χ4n) is 3.42. The molecule has 8 nitrogen and oxygen atoms in total. The first-order valence-corrected chi connectivity index (χ1v) is 10.5. The number of carbonyl (C=O) groups excluding carboxylic acids is 1. The molecule has 0 radical (unpaired) electrons. The van der Waals surface area contributed by atoms with E-state index in [-0.39, 0.29) is 11.6 Å². The van der Waals surface area contributed by atoms with E-state index in [2.05, 4.69) is 37.2 Å². The molecule has 0 bridgehead atoms. The fourth-order valence-corrected chi connectivity index (χ4v) is 3.42. The van der Waals surface area contributed by atoms with Crippen molar-refractivity contribution in [1.29, 1.82) is 0 Å². The van der Waals surface area contributed by atoms with Gasteiger partial charge in [-0.05, 0) is 56.3 Å². The van der Waals surface area contributed by atoms with Crippen molar-refractivity contribution in [1.82, 2.24) is 20.1 Å². The number of likely N-dealkylation sites (tertiary alicyclic amines) is 1. The average molecular weight is 431 g/mol. The van der Waals surface area contributed by atoms with E-state index >= 15 is 0 Å². The van der Waals surface area contributed by atoms with Crippen molar-refractivity contribution in [2.24, 2.45) is 0 Å². The SMILES string of the molecule is COc1cncc(C#Cc2c[nH]nc2C(=O)Nc2ccc(OCCN3CCCC3)cc2)c1. The van der Waals surface area contributed by atoms with Crippen LogP contribution in [0.4, 0.5) is 5.69 Å². The lowest BCUT2D eigenvalue weighted by Crippen LogP contribution is -2.25. The van der Waals surface area contributed by atoms with Gasteiger partial charge in [-0.2, -0.15) is 5.10 Å². The number of anilines is 1. The highest BCUT2D eigenvalue weighted by atomic mass is 16.5. The van der Waals surface area contributed by atoms with Crippen molar-refractivity contribution >= 4 is 11.6 Å². The first kappa shape index (κ1) is 21.4. The Balaban J connectivity index is 1.34. The Morgan fingerprint density at radius 3 is 2.75 bits per heavy atom. The number of H-pyrrole nitrogens is 1. The van der Waals surface area contributed by atoms with E-state index in [1.165, 1.54) is 12.8 Å². The maximum absolute atomic E-state index is 12.7. The number of ether oxygens (including phenoxy) is 2. The molecule has 3 aromatic rings. The highest BCUT2D eigenvalue weighted by Crippen LogP contribution is 2.17. The third-order valence-corrected chi connectivity index (χ3v) is 5.13. The van der Waals surface area contributed by atoms with Crippen molar-refractivity contribution in [3.63, 3.8) is 0 Å². The average Bonchev–Trinajstić information content (AvgIpc) is 3.51. The number of carbonyl (C=O) groups is 1. The van der Waals surface area contributed by atoms with Gasteiger partial charge in [-0.3, -0.25) is 19.8 Å². The van der Waals surface area contributed by atoms with Gasteiger partial charge in [-0.1, -0.05) is 11.8 Å². The third kappa shape index (κ3) is 5.65. The van der Waals surface area contributed by atoms with Crippen molar-refractivity contribution in [3.8, 4) is 23.3 Å². The van der Waals surface area contributed by atoms with Gasteiger partial charge in [-0.15, -0.1) is 0 Å². The topological polar surface area (TPSA) is 92.4 Å². The van der Waals surface area contributed by atoms with E-state index in [9.17, 15) is 4.79 Å². The van der Waals surface area contributed by atoms with Crippen LogP contribution in [0, 0.1) is 11.8 Å². The number of aromatic nitrogens is 3. The first-order valence-electron chi connectivity index (χ1n) is 10.5. The summed E-state index contributed by atoms with van der Waals surface area (Å²) in [5.41, 5.74) is 2.05. The van der Waals surface area contributed by atoms with Gasteiger partial charge in [0.1, 0.15) is 18.1 Å². The second-order valence-corrected chi connectivity index (χ2v) is 7.39. The Morgan fingerprint density at radius 1 is 1.16 bits per heavy atom. The van der Waals surface area contributed by atoms with Crippen molar-refractivity contribution < 1.29 is 14.3 Å². The molecule has 3 heterocycles. The minimum Gasteiger partial charge on any atom is -0.495 e. The second kappa shape index (κ2) is 10.5. The van der Waals surface area contributed by atoms with Gasteiger partial charge in [0.2, 0.25) is 0 Å². The van der Waals surface area contributed by atoms with Crippen molar-refractivity contribution in [2.75, 3.05) is 38.7 Å². The van der Waals surface area contributed by atoms with Crippen LogP contribution >= 0.6 is 0 Å². The monoisotopic (exact) mass is 431 g/mol. The van der Waals surface area contributed by atoms with Gasteiger partial charge in [0.05, 0.1) is 18.9 Å². The highest BCUT2D eigenvalue weighted by molar-refractivity contribution is 6.04. The third-order valence-electron chi connectivity index (χ3n) is 5.13. The number of methoxy groups -OCH3 is 1. The molecule has 0 atom stereocenters. The lowest BCUT2D eigenvalue weighted by atomic mass is 10.2. The van der Waals surface area contributed by atoms with Gasteiger partial charge in [-0.25, -0.2) is 0 Å². The first-order chi connectivity index (χ1) is 15.7. The molecule has 1 fully saturated rings. The Hall–Kier alpha value is -3.83. The van der Waals surface area contributed by atoms with Crippen LogP contribution in [-0.2, 0) is 0 Å². The molecule has 0 aliphatic carbocycles. The molecule has 0 unspecified atom stereocenters. The molecule has 32 heavy (non-hydrogen) atoms. The maximum atomic E-state index is 12.7. The Bertz CT molecular complexity index is 1110. The van der Waals surface area contributed by atoms with E-state index in [0.717, 1.165) is 25.4 Å². The molecule has 1 aliphatic rings. The lowest BCUT2D eigenvalue weighted by molar-refractivity contribution is 0.102. The number of pyridine rings is 1. The van der Waals surface area contributed by atoms with Crippen LogP contribution in [0.3, 0.4) is 0 Å². The summed E-state index contributed by atoms with van der Waals surface area (Å²) in [6.45, 7) is 3.91. The van der Waals surface area contributed by atoms with Crippen LogP contribution in [0.15, 0.2) is 48.9 Å². The number of hydrogen-bond donors (Lipinski definition) is 2. The molecule has 2 N–H and O–H groups in total. The Labute approximate surface area is 187 Å². The minimum atomic E-state index is -0.345. The van der Waals surface area contributed by atoms with Gasteiger partial charge in [0.15, 0.2) is 5.69 Å². The molecule has 8 heteroatoms. The number of aromatic amines is 1. The quantitative estimate of drug-likeness (QED) is 0.559. The molecule has 1 amide bonds. The van der Waals surface area contributed by atoms with E-state index in [1.807, 2.05) is 24.3 Å². The molecular formula is C24H25N5O3. The smallest absolute Gasteiger partial charge is 0.277 e. The maximum Gasteiger partial charge on any atom is 0.277 e. The summed E-state index contributed by atoms with van der Waals surface area (Å²) in [6, 6.07) is 9.09. The summed E-state index contributed by atoms with van der Waals surface area (Å²) in [7, 11) is 1.57. The lowest BCUT2D eigenvalue weighted by Gasteiger charge is -2.15. The van der Waals surface area contributed by atoms with Crippen LogP contribution in [-0.4, -0.2) is 59.3 Å². The number of nitrogens with one attached hydrogen (secondary N) is 2. The van der Waals surface area contributed by atoms with Crippen molar-refractivity contribution in [2.45, 2.75) is 12.8 Å². The number of hydrogen-bond acceptors (Lipinski definition) is 6. The number of benzene rings is 1. The van der Waals surface area contributed by atoms with E-state index < -0.39 is 0 Å². The zero-order valence-corrected chi connectivity index (χ0v) is 17.9. The minimum absolute atomic E-state index is 0.222. The molecule has 1 saturated heterocycles. The molecule has 0 saturated carbocycles. The Morgan fingerprint density at radius 2 is 1.97 bits per heavy atom. The van der Waals surface area contributed by atoms with Crippen LogP contribution in [0.5, 0.6) is 11.5 Å². The molecule has 2 aromatic heterocycles. The predicted molar refractivity (Wildman–Crippen MR) is 121 cm³/mol. The van der Waals surface area contributed by atoms with Gasteiger partial charge >= 0.3 is 0 Å². The zero-order valence-electron chi connectivity index (χ0n) is 17.9. The zero-order chi connectivity index (χ0) is 22.2. The summed E-state index contributed by atoms with van der Waals surface area (Å²) >= 11 is 0. The normalized spacial score (nSPS) is 13.3.